The number of rotatable bonds is 5. The number of imide groups is 1. The zero-order valence-corrected chi connectivity index (χ0v) is 12.8. The second-order valence-electron chi connectivity index (χ2n) is 5.77. The molecule has 1 saturated heterocycles. The smallest absolute Gasteiger partial charge is 0.274 e. The molecule has 116 valence electrons. The van der Waals surface area contributed by atoms with Crippen LogP contribution in [0.25, 0.3) is 0 Å². The van der Waals surface area contributed by atoms with Gasteiger partial charge < -0.3 is 9.88 Å². The molecule has 1 aromatic heterocycles. The van der Waals surface area contributed by atoms with Gasteiger partial charge in [0.25, 0.3) is 5.91 Å². The molecule has 0 bridgehead atoms. The van der Waals surface area contributed by atoms with E-state index in [9.17, 15) is 9.59 Å². The molecule has 2 amide bonds. The van der Waals surface area contributed by atoms with Crippen LogP contribution in [0.15, 0.2) is 18.3 Å². The van der Waals surface area contributed by atoms with Crippen molar-refractivity contribution in [3.05, 3.63) is 24.0 Å². The second-order valence-corrected chi connectivity index (χ2v) is 5.77. The fourth-order valence-corrected chi connectivity index (χ4v) is 2.74. The Morgan fingerprint density at radius 3 is 2.76 bits per heavy atom. The summed E-state index contributed by atoms with van der Waals surface area (Å²) in [6.07, 6.45) is 4.07. The van der Waals surface area contributed by atoms with Crippen molar-refractivity contribution in [2.75, 3.05) is 33.2 Å². The lowest BCUT2D eigenvalue weighted by Gasteiger charge is -2.27. The average Bonchev–Trinajstić information content (AvgIpc) is 2.85. The minimum atomic E-state index is -0.345. The van der Waals surface area contributed by atoms with Crippen LogP contribution in [-0.4, -0.2) is 54.5 Å². The van der Waals surface area contributed by atoms with E-state index in [4.69, 9.17) is 0 Å². The van der Waals surface area contributed by atoms with Crippen molar-refractivity contribution < 1.29 is 9.59 Å². The molecule has 2 N–H and O–H groups in total. The lowest BCUT2D eigenvalue weighted by molar-refractivity contribution is -0.121. The van der Waals surface area contributed by atoms with E-state index >= 15 is 0 Å². The van der Waals surface area contributed by atoms with Crippen molar-refractivity contribution in [3.63, 3.8) is 0 Å². The fourth-order valence-electron chi connectivity index (χ4n) is 2.74. The lowest BCUT2D eigenvalue weighted by atomic mass is 9.98. The summed E-state index contributed by atoms with van der Waals surface area (Å²) in [7, 11) is 3.71. The van der Waals surface area contributed by atoms with E-state index in [0.717, 1.165) is 32.5 Å². The number of likely N-dealkylation sites (N-methyl/N-ethyl adjacent to an activating group) is 1. The second kappa shape index (κ2) is 7.38. The molecular weight excluding hydrogens is 268 g/mol. The lowest BCUT2D eigenvalue weighted by Crippen LogP contribution is -2.41. The van der Waals surface area contributed by atoms with Crippen molar-refractivity contribution in [1.82, 2.24) is 20.1 Å². The highest BCUT2D eigenvalue weighted by atomic mass is 16.2. The van der Waals surface area contributed by atoms with E-state index in [0.29, 0.717) is 11.6 Å². The van der Waals surface area contributed by atoms with Gasteiger partial charge in [0.15, 0.2) is 0 Å². The largest absolute Gasteiger partial charge is 0.347 e. The summed E-state index contributed by atoms with van der Waals surface area (Å²) in [6.45, 7) is 3.25. The van der Waals surface area contributed by atoms with Gasteiger partial charge in [0.1, 0.15) is 5.69 Å². The molecule has 0 spiro atoms. The number of carbonyl (C=O) groups excluding carboxylic acids is 2. The number of nitrogens with one attached hydrogen (secondary N) is 2. The number of aryl methyl sites for hydroxylation is 1. The number of nitrogens with zero attached hydrogens (tertiary/aromatic N) is 2. The van der Waals surface area contributed by atoms with Crippen molar-refractivity contribution in [3.8, 4) is 0 Å². The molecule has 0 radical (unpaired) electrons. The van der Waals surface area contributed by atoms with Crippen molar-refractivity contribution in [1.29, 1.82) is 0 Å². The monoisotopic (exact) mass is 292 g/mol. The molecule has 1 aromatic rings. The first kappa shape index (κ1) is 15.7. The van der Waals surface area contributed by atoms with Gasteiger partial charge in [0.05, 0.1) is 6.54 Å². The Bertz CT molecular complexity index is 492. The van der Waals surface area contributed by atoms with E-state index < -0.39 is 0 Å². The van der Waals surface area contributed by atoms with Crippen LogP contribution < -0.4 is 10.6 Å². The van der Waals surface area contributed by atoms with E-state index in [1.807, 2.05) is 11.9 Å². The van der Waals surface area contributed by atoms with Gasteiger partial charge in [-0.05, 0) is 51.0 Å². The first-order valence-electron chi connectivity index (χ1n) is 7.41. The summed E-state index contributed by atoms with van der Waals surface area (Å²) in [6, 6.07) is 3.48. The van der Waals surface area contributed by atoms with Gasteiger partial charge in [-0.1, -0.05) is 0 Å². The number of hydrogen-bond donors (Lipinski definition) is 2. The van der Waals surface area contributed by atoms with Crippen LogP contribution >= 0.6 is 0 Å². The fraction of sp³-hybridized carbons (Fsp3) is 0.600. The van der Waals surface area contributed by atoms with Crippen molar-refractivity contribution >= 4 is 11.8 Å². The zero-order valence-electron chi connectivity index (χ0n) is 12.8. The summed E-state index contributed by atoms with van der Waals surface area (Å²) in [4.78, 5) is 25.8. The van der Waals surface area contributed by atoms with Crippen LogP contribution in [0.3, 0.4) is 0 Å². The van der Waals surface area contributed by atoms with Gasteiger partial charge in [0, 0.05) is 19.8 Å². The molecule has 0 atom stereocenters. The first-order valence-corrected chi connectivity index (χ1v) is 7.41. The first-order chi connectivity index (χ1) is 10.1. The van der Waals surface area contributed by atoms with Gasteiger partial charge in [-0.25, -0.2) is 0 Å². The molecule has 6 nitrogen and oxygen atoms in total. The minimum absolute atomic E-state index is 0.250. The predicted octanol–water partition coefficient (Wildman–Crippen LogP) is 0.213. The summed E-state index contributed by atoms with van der Waals surface area (Å²) in [5.74, 6) is 0.0352. The van der Waals surface area contributed by atoms with E-state index in [2.05, 4.69) is 10.6 Å². The molecule has 1 aliphatic heterocycles. The van der Waals surface area contributed by atoms with Crippen LogP contribution in [0.2, 0.25) is 0 Å². The predicted molar refractivity (Wildman–Crippen MR) is 81.0 cm³/mol. The number of aromatic nitrogens is 1. The van der Waals surface area contributed by atoms with E-state index in [-0.39, 0.29) is 18.4 Å². The Morgan fingerprint density at radius 2 is 2.14 bits per heavy atom. The molecule has 2 heterocycles. The maximum atomic E-state index is 11.9. The molecule has 0 unspecified atom stereocenters. The Hall–Kier alpha value is -1.66. The summed E-state index contributed by atoms with van der Waals surface area (Å²) in [5, 5.41) is 5.77. The van der Waals surface area contributed by atoms with Gasteiger partial charge in [-0.3, -0.25) is 19.8 Å². The van der Waals surface area contributed by atoms with Crippen LogP contribution in [0, 0.1) is 5.92 Å². The standard InChI is InChI=1S/C15H24N4O2/c1-18(10-12-5-7-16-8-6-12)11-14(20)17-15(21)13-4-3-9-19(13)2/h3-4,9,12,16H,5-8,10-11H2,1-2H3,(H,17,20,21). The molecule has 6 heteroatoms. The third-order valence-corrected chi connectivity index (χ3v) is 3.87. The molecule has 1 aliphatic rings. The number of hydrogen-bond acceptors (Lipinski definition) is 4. The zero-order chi connectivity index (χ0) is 15.2. The molecule has 0 saturated carbocycles. The Morgan fingerprint density at radius 1 is 1.43 bits per heavy atom. The number of amides is 2. The molecular formula is C15H24N4O2. The minimum Gasteiger partial charge on any atom is -0.347 e. The Balaban J connectivity index is 1.75. The highest BCUT2D eigenvalue weighted by molar-refractivity contribution is 6.04. The molecule has 1 fully saturated rings. The van der Waals surface area contributed by atoms with Crippen LogP contribution in [0.5, 0.6) is 0 Å². The van der Waals surface area contributed by atoms with Crippen LogP contribution in [-0.2, 0) is 11.8 Å². The van der Waals surface area contributed by atoms with Gasteiger partial charge >= 0.3 is 0 Å². The summed E-state index contributed by atoms with van der Waals surface area (Å²) in [5.41, 5.74) is 0.490. The highest BCUT2D eigenvalue weighted by Crippen LogP contribution is 2.12. The highest BCUT2D eigenvalue weighted by Gasteiger charge is 2.18. The molecule has 0 aromatic carbocycles. The van der Waals surface area contributed by atoms with Gasteiger partial charge in [-0.15, -0.1) is 0 Å². The SMILES string of the molecule is CN(CC(=O)NC(=O)c1cccn1C)CC1CCNCC1. The van der Waals surface area contributed by atoms with Crippen LogP contribution in [0.1, 0.15) is 23.3 Å². The van der Waals surface area contributed by atoms with E-state index in [1.165, 1.54) is 0 Å². The van der Waals surface area contributed by atoms with Crippen LogP contribution in [0.4, 0.5) is 0 Å². The van der Waals surface area contributed by atoms with Crippen molar-refractivity contribution in [2.24, 2.45) is 13.0 Å². The Kier molecular flexibility index (Phi) is 5.52. The van der Waals surface area contributed by atoms with Gasteiger partial charge in [0.2, 0.25) is 5.91 Å². The van der Waals surface area contributed by atoms with Crippen molar-refractivity contribution in [2.45, 2.75) is 12.8 Å². The van der Waals surface area contributed by atoms with Gasteiger partial charge in [-0.2, -0.15) is 0 Å². The quantitative estimate of drug-likeness (QED) is 0.814. The Labute approximate surface area is 125 Å². The van der Waals surface area contributed by atoms with E-state index in [1.54, 1.807) is 29.9 Å². The third kappa shape index (κ3) is 4.68. The number of piperidine rings is 1. The third-order valence-electron chi connectivity index (χ3n) is 3.87. The maximum absolute atomic E-state index is 11.9. The summed E-state index contributed by atoms with van der Waals surface area (Å²) >= 11 is 0. The maximum Gasteiger partial charge on any atom is 0.274 e. The number of carbonyl (C=O) groups is 2. The molecule has 0 aliphatic carbocycles. The molecule has 2 rings (SSSR count). The summed E-state index contributed by atoms with van der Waals surface area (Å²) < 4.78 is 1.70. The topological polar surface area (TPSA) is 66.4 Å². The normalized spacial score (nSPS) is 16.1. The average molecular weight is 292 g/mol. The molecule has 21 heavy (non-hydrogen) atoms.